The van der Waals surface area contributed by atoms with E-state index in [1.54, 1.807) is 6.33 Å². The maximum Gasteiger partial charge on any atom is 0.221 e. The van der Waals surface area contributed by atoms with Crippen LogP contribution >= 0.6 is 0 Å². The van der Waals surface area contributed by atoms with Crippen LogP contribution in [0.5, 0.6) is 0 Å². The molecule has 6 heteroatoms. The van der Waals surface area contributed by atoms with Crippen LogP contribution in [0.1, 0.15) is 18.1 Å². The van der Waals surface area contributed by atoms with Gasteiger partial charge in [0.2, 0.25) is 5.91 Å². The quantitative estimate of drug-likeness (QED) is 0.543. The van der Waals surface area contributed by atoms with Gasteiger partial charge in [0.05, 0.1) is 5.39 Å². The Morgan fingerprint density at radius 2 is 1.79 bits per heavy atom. The van der Waals surface area contributed by atoms with E-state index in [9.17, 15) is 4.79 Å². The second kappa shape index (κ2) is 7.15. The predicted octanol–water partition coefficient (Wildman–Crippen LogP) is 4.74. The van der Waals surface area contributed by atoms with Crippen LogP contribution in [0, 0.1) is 13.8 Å². The van der Waals surface area contributed by atoms with E-state index in [2.05, 4.69) is 57.2 Å². The van der Waals surface area contributed by atoms with Crippen molar-refractivity contribution in [2.75, 3.05) is 10.6 Å². The molecule has 140 valence electrons. The molecule has 0 atom stereocenters. The third kappa shape index (κ3) is 3.44. The van der Waals surface area contributed by atoms with Crippen molar-refractivity contribution in [2.24, 2.45) is 0 Å². The standard InChI is InChI=1S/C22H21N5O/c1-14-7-8-19(11-15(14)2)27-10-9-20-21(23-13-24-22(20)27)26-18-6-4-5-17(12-18)25-16(3)28/h4-13H,1-3H3,(H,25,28)(H,23,24,26). The molecule has 2 aromatic heterocycles. The molecule has 0 aliphatic heterocycles. The molecule has 4 rings (SSSR count). The first-order chi connectivity index (χ1) is 13.5. The molecule has 4 aromatic rings. The van der Waals surface area contributed by atoms with Crippen molar-refractivity contribution >= 4 is 34.1 Å². The minimum atomic E-state index is -0.105. The predicted molar refractivity (Wildman–Crippen MR) is 112 cm³/mol. The molecule has 0 radical (unpaired) electrons. The van der Waals surface area contributed by atoms with Gasteiger partial charge >= 0.3 is 0 Å². The first kappa shape index (κ1) is 17.7. The van der Waals surface area contributed by atoms with Crippen LogP contribution in [0.2, 0.25) is 0 Å². The Kier molecular flexibility index (Phi) is 4.53. The van der Waals surface area contributed by atoms with Crippen LogP contribution in [0.15, 0.2) is 61.1 Å². The number of nitrogens with zero attached hydrogens (tertiary/aromatic N) is 3. The summed E-state index contributed by atoms with van der Waals surface area (Å²) in [6.45, 7) is 5.70. The second-order valence-electron chi connectivity index (χ2n) is 6.80. The highest BCUT2D eigenvalue weighted by atomic mass is 16.1. The van der Waals surface area contributed by atoms with Crippen LogP contribution in [0.3, 0.4) is 0 Å². The summed E-state index contributed by atoms with van der Waals surface area (Å²) in [5, 5.41) is 7.04. The summed E-state index contributed by atoms with van der Waals surface area (Å²) < 4.78 is 2.06. The van der Waals surface area contributed by atoms with E-state index in [0.717, 1.165) is 28.1 Å². The van der Waals surface area contributed by atoms with E-state index in [1.165, 1.54) is 18.1 Å². The normalized spacial score (nSPS) is 10.8. The molecule has 0 bridgehead atoms. The number of anilines is 3. The van der Waals surface area contributed by atoms with E-state index >= 15 is 0 Å². The van der Waals surface area contributed by atoms with Gasteiger partial charge < -0.3 is 15.2 Å². The molecular weight excluding hydrogens is 350 g/mol. The second-order valence-corrected chi connectivity index (χ2v) is 6.80. The number of hydrogen-bond acceptors (Lipinski definition) is 4. The third-order valence-corrected chi connectivity index (χ3v) is 4.70. The molecule has 0 saturated carbocycles. The van der Waals surface area contributed by atoms with Crippen LogP contribution in [0.4, 0.5) is 17.2 Å². The topological polar surface area (TPSA) is 71.8 Å². The van der Waals surface area contributed by atoms with Crippen molar-refractivity contribution in [1.29, 1.82) is 0 Å². The van der Waals surface area contributed by atoms with Crippen molar-refractivity contribution in [1.82, 2.24) is 14.5 Å². The first-order valence-electron chi connectivity index (χ1n) is 9.05. The molecule has 1 amide bonds. The Hall–Kier alpha value is -3.67. The summed E-state index contributed by atoms with van der Waals surface area (Å²) >= 11 is 0. The van der Waals surface area contributed by atoms with Crippen LogP contribution < -0.4 is 10.6 Å². The van der Waals surface area contributed by atoms with Gasteiger partial charge in [-0.2, -0.15) is 0 Å². The van der Waals surface area contributed by atoms with Gasteiger partial charge in [0.1, 0.15) is 17.8 Å². The molecule has 0 aliphatic rings. The minimum Gasteiger partial charge on any atom is -0.340 e. The number of aromatic nitrogens is 3. The average Bonchev–Trinajstić information content (AvgIpc) is 3.09. The van der Waals surface area contributed by atoms with E-state index < -0.39 is 0 Å². The minimum absolute atomic E-state index is 0.105. The smallest absolute Gasteiger partial charge is 0.221 e. The number of fused-ring (bicyclic) bond motifs is 1. The zero-order chi connectivity index (χ0) is 19.7. The van der Waals surface area contributed by atoms with Gasteiger partial charge in [-0.25, -0.2) is 9.97 Å². The van der Waals surface area contributed by atoms with Crippen molar-refractivity contribution < 1.29 is 4.79 Å². The SMILES string of the molecule is CC(=O)Nc1cccc(Nc2ncnc3c2ccn3-c2ccc(C)c(C)c2)c1. The number of nitrogens with one attached hydrogen (secondary N) is 2. The Morgan fingerprint density at radius 3 is 2.57 bits per heavy atom. The average molecular weight is 371 g/mol. The fourth-order valence-corrected chi connectivity index (χ4v) is 3.15. The lowest BCUT2D eigenvalue weighted by molar-refractivity contribution is -0.114. The molecule has 2 heterocycles. The van der Waals surface area contributed by atoms with E-state index in [1.807, 2.05) is 36.5 Å². The molecular formula is C22H21N5O. The monoisotopic (exact) mass is 371 g/mol. The van der Waals surface area contributed by atoms with Crippen molar-refractivity contribution in [3.63, 3.8) is 0 Å². The largest absolute Gasteiger partial charge is 0.340 e. The van der Waals surface area contributed by atoms with Crippen molar-refractivity contribution in [2.45, 2.75) is 20.8 Å². The van der Waals surface area contributed by atoms with Crippen LogP contribution in [-0.2, 0) is 4.79 Å². The summed E-state index contributed by atoms with van der Waals surface area (Å²) in [5.41, 5.74) is 5.97. The summed E-state index contributed by atoms with van der Waals surface area (Å²) in [6.07, 6.45) is 3.56. The molecule has 6 nitrogen and oxygen atoms in total. The van der Waals surface area contributed by atoms with Gasteiger partial charge in [0, 0.05) is 30.2 Å². The van der Waals surface area contributed by atoms with Gasteiger partial charge in [-0.1, -0.05) is 12.1 Å². The zero-order valence-corrected chi connectivity index (χ0v) is 16.0. The Morgan fingerprint density at radius 1 is 0.964 bits per heavy atom. The maximum atomic E-state index is 11.3. The lowest BCUT2D eigenvalue weighted by atomic mass is 10.1. The van der Waals surface area contributed by atoms with Gasteiger partial charge in [-0.3, -0.25) is 4.79 Å². The molecule has 0 unspecified atom stereocenters. The number of carbonyl (C=O) groups is 1. The zero-order valence-electron chi connectivity index (χ0n) is 16.0. The van der Waals surface area contributed by atoms with E-state index in [0.29, 0.717) is 5.82 Å². The lowest BCUT2D eigenvalue weighted by Crippen LogP contribution is -2.06. The molecule has 0 aliphatic carbocycles. The number of aryl methyl sites for hydroxylation is 2. The number of rotatable bonds is 4. The Bertz CT molecular complexity index is 1180. The van der Waals surface area contributed by atoms with Crippen molar-refractivity contribution in [3.05, 3.63) is 72.2 Å². The molecule has 2 N–H and O–H groups in total. The van der Waals surface area contributed by atoms with Crippen LogP contribution in [-0.4, -0.2) is 20.4 Å². The Balaban J connectivity index is 1.71. The summed E-state index contributed by atoms with van der Waals surface area (Å²) in [5.74, 6) is 0.611. The number of benzene rings is 2. The van der Waals surface area contributed by atoms with Crippen molar-refractivity contribution in [3.8, 4) is 5.69 Å². The molecule has 0 fully saturated rings. The maximum absolute atomic E-state index is 11.3. The highest BCUT2D eigenvalue weighted by Crippen LogP contribution is 2.27. The highest BCUT2D eigenvalue weighted by Gasteiger charge is 2.11. The fraction of sp³-hybridized carbons (Fsp3) is 0.136. The number of amides is 1. The van der Waals surface area contributed by atoms with E-state index in [4.69, 9.17) is 0 Å². The molecule has 0 saturated heterocycles. The molecule has 28 heavy (non-hydrogen) atoms. The molecule has 0 spiro atoms. The van der Waals surface area contributed by atoms with Gasteiger partial charge in [0.25, 0.3) is 0 Å². The highest BCUT2D eigenvalue weighted by molar-refractivity contribution is 5.92. The summed E-state index contributed by atoms with van der Waals surface area (Å²) in [4.78, 5) is 20.2. The lowest BCUT2D eigenvalue weighted by Gasteiger charge is -2.10. The van der Waals surface area contributed by atoms with Crippen LogP contribution in [0.25, 0.3) is 16.7 Å². The van der Waals surface area contributed by atoms with E-state index in [-0.39, 0.29) is 5.91 Å². The number of carbonyl (C=O) groups excluding carboxylic acids is 1. The first-order valence-corrected chi connectivity index (χ1v) is 9.05. The number of hydrogen-bond donors (Lipinski definition) is 2. The third-order valence-electron chi connectivity index (χ3n) is 4.70. The summed E-state index contributed by atoms with van der Waals surface area (Å²) in [7, 11) is 0. The van der Waals surface area contributed by atoms with Gasteiger partial charge in [-0.15, -0.1) is 0 Å². The molecule has 2 aromatic carbocycles. The fourth-order valence-electron chi connectivity index (χ4n) is 3.15. The Labute approximate surface area is 163 Å². The summed E-state index contributed by atoms with van der Waals surface area (Å²) in [6, 6.07) is 15.9. The van der Waals surface area contributed by atoms with Gasteiger partial charge in [0.15, 0.2) is 0 Å². The van der Waals surface area contributed by atoms with Gasteiger partial charge in [-0.05, 0) is 61.4 Å².